The van der Waals surface area contributed by atoms with Crippen LogP contribution in [0.4, 0.5) is 0 Å². The van der Waals surface area contributed by atoms with Crippen LogP contribution in [0.1, 0.15) is 56.1 Å². The zero-order valence-electron chi connectivity index (χ0n) is 18.2. The lowest BCUT2D eigenvalue weighted by Crippen LogP contribution is -2.38. The molecule has 3 aromatic rings. The Balaban J connectivity index is 1.56. The van der Waals surface area contributed by atoms with Gasteiger partial charge < -0.3 is 4.90 Å². The predicted octanol–water partition coefficient (Wildman–Crippen LogP) is 5.95. The van der Waals surface area contributed by atoms with Gasteiger partial charge in [0.05, 0.1) is 10.6 Å². The molecule has 0 radical (unpaired) electrons. The van der Waals surface area contributed by atoms with E-state index in [0.29, 0.717) is 11.7 Å². The van der Waals surface area contributed by atoms with Crippen LogP contribution >= 0.6 is 11.3 Å². The van der Waals surface area contributed by atoms with Gasteiger partial charge in [-0.3, -0.25) is 4.79 Å². The van der Waals surface area contributed by atoms with Crippen molar-refractivity contribution in [1.29, 1.82) is 0 Å². The molecule has 2 aromatic heterocycles. The van der Waals surface area contributed by atoms with Crippen molar-refractivity contribution in [2.24, 2.45) is 10.8 Å². The van der Waals surface area contributed by atoms with Crippen LogP contribution in [0, 0.1) is 17.8 Å². The maximum atomic E-state index is 13.9. The normalized spacial score (nSPS) is 24.9. The zero-order chi connectivity index (χ0) is 21.1. The van der Waals surface area contributed by atoms with E-state index in [2.05, 4.69) is 50.8 Å². The van der Waals surface area contributed by atoms with Crippen LogP contribution in [-0.4, -0.2) is 33.2 Å². The zero-order valence-corrected chi connectivity index (χ0v) is 19.0. The van der Waals surface area contributed by atoms with Crippen LogP contribution in [0.2, 0.25) is 0 Å². The third-order valence-corrected chi connectivity index (χ3v) is 7.55. The van der Waals surface area contributed by atoms with Gasteiger partial charge in [0.15, 0.2) is 0 Å². The Morgan fingerprint density at radius 3 is 2.60 bits per heavy atom. The summed E-state index contributed by atoms with van der Waals surface area (Å²) in [6, 6.07) is 14.6. The molecule has 0 unspecified atom stereocenters. The van der Waals surface area contributed by atoms with Gasteiger partial charge >= 0.3 is 0 Å². The third-order valence-electron chi connectivity index (χ3n) is 6.66. The van der Waals surface area contributed by atoms with E-state index in [0.717, 1.165) is 35.6 Å². The van der Waals surface area contributed by atoms with Gasteiger partial charge in [-0.1, -0.05) is 44.5 Å². The van der Waals surface area contributed by atoms with E-state index in [1.54, 1.807) is 11.3 Å². The molecule has 5 heteroatoms. The first-order chi connectivity index (χ1) is 14.2. The summed E-state index contributed by atoms with van der Waals surface area (Å²) in [5.74, 6) is 0.109. The number of benzene rings is 1. The molecule has 2 atom stereocenters. The van der Waals surface area contributed by atoms with Crippen molar-refractivity contribution in [2.75, 3.05) is 6.54 Å². The summed E-state index contributed by atoms with van der Waals surface area (Å²) in [6.45, 7) is 9.95. The van der Waals surface area contributed by atoms with Crippen molar-refractivity contribution in [1.82, 2.24) is 14.7 Å². The molecule has 2 bridgehead atoms. The van der Waals surface area contributed by atoms with E-state index < -0.39 is 0 Å². The number of carbonyl (C=O) groups is 1. The number of thiophene rings is 1. The number of aryl methyl sites for hydroxylation is 1. The van der Waals surface area contributed by atoms with Crippen molar-refractivity contribution in [2.45, 2.75) is 53.0 Å². The molecule has 1 saturated carbocycles. The molecule has 0 N–H and O–H groups in total. The van der Waals surface area contributed by atoms with Crippen LogP contribution in [0.3, 0.4) is 0 Å². The van der Waals surface area contributed by atoms with Crippen LogP contribution in [-0.2, 0) is 0 Å². The minimum Gasteiger partial charge on any atom is -0.334 e. The van der Waals surface area contributed by atoms with Gasteiger partial charge in [0.1, 0.15) is 11.4 Å². The van der Waals surface area contributed by atoms with Gasteiger partial charge in [-0.15, -0.1) is 11.3 Å². The monoisotopic (exact) mass is 419 g/mol. The summed E-state index contributed by atoms with van der Waals surface area (Å²) in [6.07, 6.45) is 3.36. The van der Waals surface area contributed by atoms with E-state index in [-0.39, 0.29) is 16.7 Å². The second-order valence-electron chi connectivity index (χ2n) is 10.3. The van der Waals surface area contributed by atoms with E-state index >= 15 is 0 Å². The SMILES string of the molecule is Cc1ccc(-n2nc(-c3cccs3)cc2C(=O)N2C[C@@]3(C)C[C@@H]2CC(C)(C)C3)cc1. The molecule has 30 heavy (non-hydrogen) atoms. The summed E-state index contributed by atoms with van der Waals surface area (Å²) in [7, 11) is 0. The highest BCUT2D eigenvalue weighted by Crippen LogP contribution is 2.52. The van der Waals surface area contributed by atoms with Crippen LogP contribution in [0.25, 0.3) is 16.3 Å². The highest BCUT2D eigenvalue weighted by Gasteiger charge is 2.51. The number of carbonyl (C=O) groups excluding carboxylic acids is 1. The largest absolute Gasteiger partial charge is 0.334 e. The Bertz CT molecular complexity index is 1080. The van der Waals surface area contributed by atoms with Crippen LogP contribution < -0.4 is 0 Å². The topological polar surface area (TPSA) is 38.1 Å². The van der Waals surface area contributed by atoms with Gasteiger partial charge in [0.25, 0.3) is 5.91 Å². The fraction of sp³-hybridized carbons (Fsp3) is 0.440. The second-order valence-corrected chi connectivity index (χ2v) is 11.2. The van der Waals surface area contributed by atoms with E-state index in [1.807, 2.05) is 34.3 Å². The van der Waals surface area contributed by atoms with Crippen molar-refractivity contribution in [3.05, 3.63) is 59.1 Å². The lowest BCUT2D eigenvalue weighted by atomic mass is 9.65. The maximum absolute atomic E-state index is 13.9. The minimum absolute atomic E-state index is 0.109. The number of hydrogen-bond donors (Lipinski definition) is 0. The van der Waals surface area contributed by atoms with Crippen LogP contribution in [0.15, 0.2) is 47.8 Å². The highest BCUT2D eigenvalue weighted by molar-refractivity contribution is 7.13. The van der Waals surface area contributed by atoms with Crippen LogP contribution in [0.5, 0.6) is 0 Å². The Morgan fingerprint density at radius 1 is 1.13 bits per heavy atom. The molecule has 3 heterocycles. The molecule has 1 aliphatic carbocycles. The average Bonchev–Trinajstić information content (AvgIpc) is 3.38. The summed E-state index contributed by atoms with van der Waals surface area (Å²) in [4.78, 5) is 17.1. The molecule has 0 spiro atoms. The Hall–Kier alpha value is -2.40. The summed E-state index contributed by atoms with van der Waals surface area (Å²) >= 11 is 1.65. The highest BCUT2D eigenvalue weighted by atomic mass is 32.1. The number of hydrogen-bond acceptors (Lipinski definition) is 3. The molecule has 4 nitrogen and oxygen atoms in total. The lowest BCUT2D eigenvalue weighted by molar-refractivity contribution is 0.0699. The minimum atomic E-state index is 0.109. The fourth-order valence-electron chi connectivity index (χ4n) is 5.81. The first kappa shape index (κ1) is 19.6. The van der Waals surface area contributed by atoms with E-state index in [4.69, 9.17) is 5.10 Å². The molecular weight excluding hydrogens is 390 g/mol. The Morgan fingerprint density at radius 2 is 1.90 bits per heavy atom. The summed E-state index contributed by atoms with van der Waals surface area (Å²) < 4.78 is 1.84. The Kier molecular flexibility index (Phi) is 4.44. The second kappa shape index (κ2) is 6.81. The van der Waals surface area contributed by atoms with Crippen molar-refractivity contribution in [3.63, 3.8) is 0 Å². The molecule has 2 fully saturated rings. The number of rotatable bonds is 3. The number of aromatic nitrogens is 2. The smallest absolute Gasteiger partial charge is 0.272 e. The molecular formula is C25H29N3OS. The molecule has 1 amide bonds. The van der Waals surface area contributed by atoms with Gasteiger partial charge in [-0.25, -0.2) is 4.68 Å². The molecule has 5 rings (SSSR count). The van der Waals surface area contributed by atoms with Crippen molar-refractivity contribution in [3.8, 4) is 16.3 Å². The number of nitrogens with zero attached hydrogens (tertiary/aromatic N) is 3. The number of likely N-dealkylation sites (tertiary alicyclic amines) is 1. The summed E-state index contributed by atoms with van der Waals surface area (Å²) in [5, 5.41) is 6.91. The van der Waals surface area contributed by atoms with Crippen molar-refractivity contribution >= 4 is 17.2 Å². The van der Waals surface area contributed by atoms with E-state index in [9.17, 15) is 4.79 Å². The Labute approximate surface area is 182 Å². The van der Waals surface area contributed by atoms with E-state index in [1.165, 1.54) is 12.0 Å². The molecule has 1 saturated heterocycles. The maximum Gasteiger partial charge on any atom is 0.272 e. The van der Waals surface area contributed by atoms with Crippen molar-refractivity contribution < 1.29 is 4.79 Å². The number of fused-ring (bicyclic) bond motifs is 2. The quantitative estimate of drug-likeness (QED) is 0.526. The summed E-state index contributed by atoms with van der Waals surface area (Å²) in [5.41, 5.74) is 4.15. The first-order valence-corrected chi connectivity index (χ1v) is 11.6. The molecule has 2 aliphatic rings. The van der Waals surface area contributed by atoms with Gasteiger partial charge in [-0.05, 0) is 66.7 Å². The predicted molar refractivity (Wildman–Crippen MR) is 122 cm³/mol. The molecule has 1 aliphatic heterocycles. The first-order valence-electron chi connectivity index (χ1n) is 10.8. The lowest BCUT2D eigenvalue weighted by Gasteiger charge is -2.39. The molecule has 156 valence electrons. The van der Waals surface area contributed by atoms with Gasteiger partial charge in [-0.2, -0.15) is 5.10 Å². The van der Waals surface area contributed by atoms with Gasteiger partial charge in [0.2, 0.25) is 0 Å². The van der Waals surface area contributed by atoms with Gasteiger partial charge in [0, 0.05) is 12.6 Å². The third kappa shape index (κ3) is 3.39. The number of amides is 1. The molecule has 1 aromatic carbocycles. The standard InChI is InChI=1S/C25H29N3OS/c1-17-7-9-18(10-8-17)28-21(12-20(26-28)22-6-5-11-30-22)23(29)27-16-25(4)14-19(27)13-24(2,3)15-25/h5-12,19H,13-16H2,1-4H3/t19-,25-/m0/s1. The average molecular weight is 420 g/mol. The fourth-order valence-corrected chi connectivity index (χ4v) is 6.49.